The molecule has 7 nitrogen and oxygen atoms in total. The van der Waals surface area contributed by atoms with Crippen molar-refractivity contribution in [2.75, 3.05) is 40.3 Å². The number of rotatable bonds is 6. The van der Waals surface area contributed by atoms with Gasteiger partial charge in [0.15, 0.2) is 0 Å². The first-order chi connectivity index (χ1) is 13.5. The third-order valence-corrected chi connectivity index (χ3v) is 6.76. The summed E-state index contributed by atoms with van der Waals surface area (Å²) >= 11 is 0. The predicted octanol–water partition coefficient (Wildman–Crippen LogP) is 1.56. The van der Waals surface area contributed by atoms with Crippen LogP contribution in [0.25, 0.3) is 0 Å². The lowest BCUT2D eigenvalue weighted by atomic mass is 10.2. The van der Waals surface area contributed by atoms with E-state index in [-0.39, 0.29) is 16.4 Å². The number of piperazine rings is 1. The van der Waals surface area contributed by atoms with E-state index in [1.807, 2.05) is 18.2 Å². The highest BCUT2D eigenvalue weighted by atomic mass is 32.2. The zero-order valence-corrected chi connectivity index (χ0v) is 16.9. The first-order valence-corrected chi connectivity index (χ1v) is 10.6. The van der Waals surface area contributed by atoms with E-state index in [0.717, 1.165) is 6.54 Å². The molecule has 1 fully saturated rings. The van der Waals surface area contributed by atoms with Gasteiger partial charge in [0.25, 0.3) is 5.91 Å². The Balaban J connectivity index is 1.73. The number of carbonyl (C=O) groups excluding carboxylic acids is 1. The van der Waals surface area contributed by atoms with Crippen LogP contribution in [0.15, 0.2) is 53.4 Å². The lowest BCUT2D eigenvalue weighted by molar-refractivity contribution is 0.0960. The lowest BCUT2D eigenvalue weighted by Crippen LogP contribution is -2.48. The van der Waals surface area contributed by atoms with Gasteiger partial charge in [-0.05, 0) is 23.8 Å². The van der Waals surface area contributed by atoms with E-state index in [1.165, 1.54) is 42.2 Å². The van der Waals surface area contributed by atoms with Gasteiger partial charge in [-0.1, -0.05) is 30.3 Å². The molecule has 150 valence electrons. The Labute approximate surface area is 166 Å². The van der Waals surface area contributed by atoms with Crippen LogP contribution in [0.3, 0.4) is 0 Å². The van der Waals surface area contributed by atoms with Crippen LogP contribution < -0.4 is 10.1 Å². The number of hydrogen-bond donors (Lipinski definition) is 1. The molecule has 0 saturated carbocycles. The third-order valence-electron chi connectivity index (χ3n) is 4.86. The van der Waals surface area contributed by atoms with Crippen molar-refractivity contribution in [1.82, 2.24) is 14.5 Å². The molecular formula is C20H25N3O4S. The van der Waals surface area contributed by atoms with Gasteiger partial charge in [-0.25, -0.2) is 8.42 Å². The third kappa shape index (κ3) is 4.35. The molecule has 2 aromatic carbocycles. The highest BCUT2D eigenvalue weighted by Gasteiger charge is 2.29. The van der Waals surface area contributed by atoms with Gasteiger partial charge < -0.3 is 10.1 Å². The van der Waals surface area contributed by atoms with Gasteiger partial charge in [-0.3, -0.25) is 9.69 Å². The average molecular weight is 404 g/mol. The van der Waals surface area contributed by atoms with Gasteiger partial charge in [0.2, 0.25) is 10.0 Å². The normalized spacial score (nSPS) is 15.9. The minimum atomic E-state index is -3.68. The first-order valence-electron chi connectivity index (χ1n) is 9.12. The molecular weight excluding hydrogens is 378 g/mol. The number of sulfonamides is 1. The molecule has 28 heavy (non-hydrogen) atoms. The lowest BCUT2D eigenvalue weighted by Gasteiger charge is -2.34. The van der Waals surface area contributed by atoms with Crippen LogP contribution in [0, 0.1) is 0 Å². The molecule has 0 atom stereocenters. The molecule has 1 saturated heterocycles. The van der Waals surface area contributed by atoms with Crippen molar-refractivity contribution >= 4 is 15.9 Å². The van der Waals surface area contributed by atoms with E-state index in [4.69, 9.17) is 4.74 Å². The zero-order chi connectivity index (χ0) is 20.1. The second-order valence-electron chi connectivity index (χ2n) is 6.61. The summed E-state index contributed by atoms with van der Waals surface area (Å²) in [7, 11) is -0.735. The first kappa shape index (κ1) is 20.3. The van der Waals surface area contributed by atoms with E-state index in [9.17, 15) is 13.2 Å². The molecule has 1 amide bonds. The molecule has 0 aliphatic carbocycles. The molecule has 0 unspecified atom stereocenters. The van der Waals surface area contributed by atoms with E-state index < -0.39 is 10.0 Å². The Morgan fingerprint density at radius 3 is 2.36 bits per heavy atom. The minimum absolute atomic E-state index is 0.100. The van der Waals surface area contributed by atoms with Gasteiger partial charge in [-0.2, -0.15) is 4.31 Å². The Morgan fingerprint density at radius 1 is 1.07 bits per heavy atom. The highest BCUT2D eigenvalue weighted by Crippen LogP contribution is 2.25. The number of benzene rings is 2. The van der Waals surface area contributed by atoms with Gasteiger partial charge in [0.05, 0.1) is 17.6 Å². The average Bonchev–Trinajstić information content (AvgIpc) is 2.73. The number of ether oxygens (including phenoxy) is 1. The summed E-state index contributed by atoms with van der Waals surface area (Å²) in [4.78, 5) is 14.4. The van der Waals surface area contributed by atoms with E-state index in [2.05, 4.69) is 22.3 Å². The number of nitrogens with one attached hydrogen (secondary N) is 1. The van der Waals surface area contributed by atoms with Crippen molar-refractivity contribution in [3.05, 3.63) is 59.7 Å². The smallest absolute Gasteiger partial charge is 0.254 e. The summed E-state index contributed by atoms with van der Waals surface area (Å²) in [5.74, 6) is -0.0486. The van der Waals surface area contributed by atoms with Gasteiger partial charge in [-0.15, -0.1) is 0 Å². The number of nitrogens with zero attached hydrogens (tertiary/aromatic N) is 2. The maximum Gasteiger partial charge on any atom is 0.254 e. The molecule has 2 aromatic rings. The van der Waals surface area contributed by atoms with Crippen molar-refractivity contribution in [2.45, 2.75) is 11.4 Å². The summed E-state index contributed by atoms with van der Waals surface area (Å²) in [6.45, 7) is 2.95. The number of amides is 1. The topological polar surface area (TPSA) is 79.0 Å². The second kappa shape index (κ2) is 8.72. The van der Waals surface area contributed by atoms with Crippen molar-refractivity contribution in [3.8, 4) is 5.75 Å². The van der Waals surface area contributed by atoms with E-state index in [1.54, 1.807) is 0 Å². The molecule has 0 bridgehead atoms. The van der Waals surface area contributed by atoms with Crippen molar-refractivity contribution in [3.63, 3.8) is 0 Å². The molecule has 8 heteroatoms. The van der Waals surface area contributed by atoms with Crippen LogP contribution in [0.2, 0.25) is 0 Å². The Bertz CT molecular complexity index is 924. The summed E-state index contributed by atoms with van der Waals surface area (Å²) in [5.41, 5.74) is 1.41. The quantitative estimate of drug-likeness (QED) is 0.792. The van der Waals surface area contributed by atoms with Crippen molar-refractivity contribution in [1.29, 1.82) is 0 Å². The predicted molar refractivity (Wildman–Crippen MR) is 107 cm³/mol. The molecule has 1 aliphatic heterocycles. The van der Waals surface area contributed by atoms with Gasteiger partial charge in [0.1, 0.15) is 5.75 Å². The molecule has 1 aliphatic rings. The summed E-state index contributed by atoms with van der Waals surface area (Å²) < 4.78 is 32.8. The van der Waals surface area contributed by atoms with Crippen LogP contribution in [0.5, 0.6) is 5.75 Å². The van der Waals surface area contributed by atoms with Crippen LogP contribution in [-0.4, -0.2) is 63.9 Å². The maximum absolute atomic E-state index is 13.0. The zero-order valence-electron chi connectivity index (χ0n) is 16.1. The Hall–Kier alpha value is -2.42. The summed E-state index contributed by atoms with van der Waals surface area (Å²) in [5, 5.41) is 2.51. The standard InChI is InChI=1S/C20H25N3O4S/c1-21-20(24)18-14-17(8-9-19(18)27-2)28(25,26)23-12-10-22(11-13-23)15-16-6-4-3-5-7-16/h3-9,14H,10-13,15H2,1-2H3,(H,21,24). The summed E-state index contributed by atoms with van der Waals surface area (Å²) in [6.07, 6.45) is 0. The van der Waals surface area contributed by atoms with Crippen LogP contribution in [-0.2, 0) is 16.6 Å². The number of hydrogen-bond acceptors (Lipinski definition) is 5. The van der Waals surface area contributed by atoms with Crippen LogP contribution >= 0.6 is 0 Å². The minimum Gasteiger partial charge on any atom is -0.496 e. The SMILES string of the molecule is CNC(=O)c1cc(S(=O)(=O)N2CCN(Cc3ccccc3)CC2)ccc1OC. The van der Waals surface area contributed by atoms with E-state index >= 15 is 0 Å². The second-order valence-corrected chi connectivity index (χ2v) is 8.54. The Kier molecular flexibility index (Phi) is 6.33. The molecule has 0 radical (unpaired) electrons. The van der Waals surface area contributed by atoms with E-state index in [0.29, 0.717) is 31.9 Å². The number of methoxy groups -OCH3 is 1. The fourth-order valence-electron chi connectivity index (χ4n) is 3.28. The molecule has 1 heterocycles. The fraction of sp³-hybridized carbons (Fsp3) is 0.350. The maximum atomic E-state index is 13.0. The van der Waals surface area contributed by atoms with Gasteiger partial charge in [0, 0.05) is 39.8 Å². The van der Waals surface area contributed by atoms with Crippen molar-refractivity contribution in [2.24, 2.45) is 0 Å². The van der Waals surface area contributed by atoms with Crippen LogP contribution in [0.4, 0.5) is 0 Å². The van der Waals surface area contributed by atoms with Crippen molar-refractivity contribution < 1.29 is 17.9 Å². The summed E-state index contributed by atoms with van der Waals surface area (Å²) in [6, 6.07) is 14.5. The fourth-order valence-corrected chi connectivity index (χ4v) is 4.73. The highest BCUT2D eigenvalue weighted by molar-refractivity contribution is 7.89. The molecule has 3 rings (SSSR count). The molecule has 1 N–H and O–H groups in total. The van der Waals surface area contributed by atoms with Crippen LogP contribution in [0.1, 0.15) is 15.9 Å². The largest absolute Gasteiger partial charge is 0.496 e. The Morgan fingerprint density at radius 2 is 1.75 bits per heavy atom. The van der Waals surface area contributed by atoms with Gasteiger partial charge >= 0.3 is 0 Å². The molecule has 0 spiro atoms. The number of carbonyl (C=O) groups is 1. The molecule has 0 aromatic heterocycles. The monoisotopic (exact) mass is 403 g/mol.